The molecule has 0 heterocycles. The third-order valence-corrected chi connectivity index (χ3v) is 2.99. The molecule has 2 unspecified atom stereocenters. The van der Waals surface area contributed by atoms with E-state index in [9.17, 15) is 0 Å². The van der Waals surface area contributed by atoms with E-state index >= 15 is 0 Å². The second-order valence-electron chi connectivity index (χ2n) is 4.88. The van der Waals surface area contributed by atoms with E-state index in [4.69, 9.17) is 10.5 Å². The van der Waals surface area contributed by atoms with Gasteiger partial charge in [-0.3, -0.25) is 0 Å². The van der Waals surface area contributed by atoms with Gasteiger partial charge in [-0.1, -0.05) is 19.8 Å². The number of hydrogen-bond donors (Lipinski definition) is 1. The van der Waals surface area contributed by atoms with Crippen LogP contribution in [0, 0.1) is 5.92 Å². The van der Waals surface area contributed by atoms with Crippen molar-refractivity contribution in [2.75, 3.05) is 6.54 Å². The maximum absolute atomic E-state index is 6.02. The van der Waals surface area contributed by atoms with Crippen LogP contribution in [0.2, 0.25) is 0 Å². The number of rotatable bonds is 3. The van der Waals surface area contributed by atoms with Crippen molar-refractivity contribution < 1.29 is 4.74 Å². The largest absolute Gasteiger partial charge is 0.371 e. The van der Waals surface area contributed by atoms with Gasteiger partial charge >= 0.3 is 0 Å². The predicted molar refractivity (Wildman–Crippen MR) is 55.6 cm³/mol. The number of ether oxygens (including phenoxy) is 1. The quantitative estimate of drug-likeness (QED) is 0.732. The second kappa shape index (κ2) is 4.43. The summed E-state index contributed by atoms with van der Waals surface area (Å²) in [5.41, 5.74) is 5.50. The fraction of sp³-hybridized carbons (Fsp3) is 1.00. The molecule has 0 aromatic heterocycles. The Hall–Kier alpha value is -0.0800. The molecule has 0 aliphatic heterocycles. The highest BCUT2D eigenvalue weighted by atomic mass is 16.5. The van der Waals surface area contributed by atoms with Crippen molar-refractivity contribution in [1.29, 1.82) is 0 Å². The summed E-state index contributed by atoms with van der Waals surface area (Å²) in [6.07, 6.45) is 5.64. The average Bonchev–Trinajstić information content (AvgIpc) is 2.09. The Morgan fingerprint density at radius 3 is 2.46 bits per heavy atom. The topological polar surface area (TPSA) is 35.2 Å². The summed E-state index contributed by atoms with van der Waals surface area (Å²) in [7, 11) is 0. The molecular weight excluding hydrogens is 162 g/mol. The Labute approximate surface area is 81.8 Å². The van der Waals surface area contributed by atoms with Crippen molar-refractivity contribution in [3.63, 3.8) is 0 Å². The van der Waals surface area contributed by atoms with E-state index in [1.165, 1.54) is 25.7 Å². The molecule has 2 nitrogen and oxygen atoms in total. The lowest BCUT2D eigenvalue weighted by Gasteiger charge is -2.35. The molecular formula is C11H23NO. The van der Waals surface area contributed by atoms with Crippen molar-refractivity contribution >= 4 is 0 Å². The SMILES string of the molecule is CC1CCCCC1OC(C)(C)CN. The van der Waals surface area contributed by atoms with E-state index in [-0.39, 0.29) is 5.60 Å². The molecule has 1 fully saturated rings. The van der Waals surface area contributed by atoms with Gasteiger partial charge in [-0.15, -0.1) is 0 Å². The van der Waals surface area contributed by atoms with Crippen LogP contribution in [0.25, 0.3) is 0 Å². The van der Waals surface area contributed by atoms with Crippen molar-refractivity contribution in [3.8, 4) is 0 Å². The Kier molecular flexibility index (Phi) is 3.74. The van der Waals surface area contributed by atoms with E-state index in [1.54, 1.807) is 0 Å². The van der Waals surface area contributed by atoms with Crippen molar-refractivity contribution in [3.05, 3.63) is 0 Å². The molecule has 2 N–H and O–H groups in total. The molecule has 1 aliphatic rings. The van der Waals surface area contributed by atoms with Crippen LogP contribution in [0.1, 0.15) is 46.5 Å². The molecule has 78 valence electrons. The lowest BCUT2D eigenvalue weighted by molar-refractivity contribution is -0.0992. The summed E-state index contributed by atoms with van der Waals surface area (Å²) in [6.45, 7) is 7.05. The zero-order chi connectivity index (χ0) is 9.90. The lowest BCUT2D eigenvalue weighted by Crippen LogP contribution is -2.41. The van der Waals surface area contributed by atoms with Crippen LogP contribution < -0.4 is 5.73 Å². The summed E-state index contributed by atoms with van der Waals surface area (Å²) in [6, 6.07) is 0. The van der Waals surface area contributed by atoms with E-state index in [0.717, 1.165) is 0 Å². The van der Waals surface area contributed by atoms with E-state index in [1.807, 2.05) is 0 Å². The Morgan fingerprint density at radius 1 is 1.31 bits per heavy atom. The third kappa shape index (κ3) is 3.28. The minimum absolute atomic E-state index is 0.143. The molecule has 13 heavy (non-hydrogen) atoms. The first-order chi connectivity index (χ1) is 6.05. The molecule has 0 aromatic carbocycles. The molecule has 1 saturated carbocycles. The van der Waals surface area contributed by atoms with Gasteiger partial charge in [0.05, 0.1) is 11.7 Å². The normalized spacial score (nSPS) is 30.5. The molecule has 0 bridgehead atoms. The van der Waals surface area contributed by atoms with Gasteiger partial charge in [-0.25, -0.2) is 0 Å². The molecule has 0 radical (unpaired) electrons. The molecule has 2 atom stereocenters. The van der Waals surface area contributed by atoms with Crippen molar-refractivity contribution in [2.45, 2.75) is 58.2 Å². The summed E-state index contributed by atoms with van der Waals surface area (Å²) < 4.78 is 6.02. The summed E-state index contributed by atoms with van der Waals surface area (Å²) in [4.78, 5) is 0. The Balaban J connectivity index is 2.42. The monoisotopic (exact) mass is 185 g/mol. The predicted octanol–water partition coefficient (Wildman–Crippen LogP) is 2.32. The molecule has 0 amide bonds. The standard InChI is InChI=1S/C11H23NO/c1-9-6-4-5-7-10(9)13-11(2,3)8-12/h9-10H,4-8,12H2,1-3H3. The van der Waals surface area contributed by atoms with E-state index in [0.29, 0.717) is 18.6 Å². The van der Waals surface area contributed by atoms with Crippen LogP contribution in [-0.2, 0) is 4.74 Å². The molecule has 1 aliphatic carbocycles. The maximum atomic E-state index is 6.02. The van der Waals surface area contributed by atoms with E-state index in [2.05, 4.69) is 20.8 Å². The second-order valence-corrected chi connectivity index (χ2v) is 4.88. The first-order valence-electron chi connectivity index (χ1n) is 5.43. The van der Waals surface area contributed by atoms with Crippen LogP contribution in [0.5, 0.6) is 0 Å². The van der Waals surface area contributed by atoms with Crippen LogP contribution in [0.15, 0.2) is 0 Å². The fourth-order valence-corrected chi connectivity index (χ4v) is 1.92. The van der Waals surface area contributed by atoms with Crippen LogP contribution in [0.3, 0.4) is 0 Å². The van der Waals surface area contributed by atoms with Gasteiger partial charge in [0.15, 0.2) is 0 Å². The molecule has 0 saturated heterocycles. The summed E-state index contributed by atoms with van der Waals surface area (Å²) in [5, 5.41) is 0. The molecule has 1 rings (SSSR count). The molecule has 0 aromatic rings. The Bertz CT molecular complexity index is 156. The minimum atomic E-state index is -0.143. The highest BCUT2D eigenvalue weighted by molar-refractivity contribution is 4.78. The third-order valence-electron chi connectivity index (χ3n) is 2.99. The van der Waals surface area contributed by atoms with Gasteiger partial charge in [0.25, 0.3) is 0 Å². The summed E-state index contributed by atoms with van der Waals surface area (Å²) >= 11 is 0. The first kappa shape index (κ1) is 11.0. The summed E-state index contributed by atoms with van der Waals surface area (Å²) in [5.74, 6) is 0.708. The fourth-order valence-electron chi connectivity index (χ4n) is 1.92. The number of hydrogen-bond acceptors (Lipinski definition) is 2. The molecule has 0 spiro atoms. The van der Waals surface area contributed by atoms with Crippen LogP contribution >= 0.6 is 0 Å². The van der Waals surface area contributed by atoms with Crippen molar-refractivity contribution in [1.82, 2.24) is 0 Å². The molecule has 2 heteroatoms. The highest BCUT2D eigenvalue weighted by Gasteiger charge is 2.27. The van der Waals surface area contributed by atoms with Gasteiger partial charge < -0.3 is 10.5 Å². The first-order valence-corrected chi connectivity index (χ1v) is 5.43. The maximum Gasteiger partial charge on any atom is 0.0752 e. The smallest absolute Gasteiger partial charge is 0.0752 e. The minimum Gasteiger partial charge on any atom is -0.371 e. The lowest BCUT2D eigenvalue weighted by atomic mass is 9.87. The van der Waals surface area contributed by atoms with Crippen LogP contribution in [0.4, 0.5) is 0 Å². The van der Waals surface area contributed by atoms with E-state index < -0.39 is 0 Å². The average molecular weight is 185 g/mol. The van der Waals surface area contributed by atoms with Crippen LogP contribution in [-0.4, -0.2) is 18.2 Å². The van der Waals surface area contributed by atoms with Gasteiger partial charge in [-0.2, -0.15) is 0 Å². The zero-order valence-corrected chi connectivity index (χ0v) is 9.18. The number of nitrogens with two attached hydrogens (primary N) is 1. The van der Waals surface area contributed by atoms with Gasteiger partial charge in [0.1, 0.15) is 0 Å². The van der Waals surface area contributed by atoms with Gasteiger partial charge in [-0.05, 0) is 32.6 Å². The Morgan fingerprint density at radius 2 is 1.92 bits per heavy atom. The zero-order valence-electron chi connectivity index (χ0n) is 9.18. The van der Waals surface area contributed by atoms with Gasteiger partial charge in [0.2, 0.25) is 0 Å². The highest BCUT2D eigenvalue weighted by Crippen LogP contribution is 2.29. The van der Waals surface area contributed by atoms with Gasteiger partial charge in [0, 0.05) is 6.54 Å². The van der Waals surface area contributed by atoms with Crippen molar-refractivity contribution in [2.24, 2.45) is 11.7 Å².